The van der Waals surface area contributed by atoms with E-state index in [9.17, 15) is 5.11 Å². The molecule has 1 aromatic carbocycles. The third-order valence-corrected chi connectivity index (χ3v) is 3.21. The van der Waals surface area contributed by atoms with E-state index in [0.717, 1.165) is 22.6 Å². The van der Waals surface area contributed by atoms with Gasteiger partial charge in [0.15, 0.2) is 5.82 Å². The first-order valence-corrected chi connectivity index (χ1v) is 6.23. The van der Waals surface area contributed by atoms with Gasteiger partial charge in [-0.25, -0.2) is 9.97 Å². The summed E-state index contributed by atoms with van der Waals surface area (Å²) in [5.74, 6) is 0.809. The zero-order chi connectivity index (χ0) is 13.4. The average molecular weight is 253 g/mol. The first-order chi connectivity index (χ1) is 9.16. The van der Waals surface area contributed by atoms with Crippen LogP contribution in [-0.2, 0) is 7.05 Å². The van der Waals surface area contributed by atoms with Gasteiger partial charge in [0.25, 0.3) is 0 Å². The number of aliphatic hydroxyl groups is 1. The van der Waals surface area contributed by atoms with Crippen molar-refractivity contribution >= 4 is 11.0 Å². The number of hydrogen-bond donors (Lipinski definition) is 1. The summed E-state index contributed by atoms with van der Waals surface area (Å²) in [6.45, 7) is 1.71. The Morgan fingerprint density at radius 3 is 2.58 bits per heavy atom. The number of aryl methyl sites for hydroxylation is 1. The lowest BCUT2D eigenvalue weighted by Gasteiger charge is -2.06. The number of aliphatic hydroxyl groups excluding tert-OH is 1. The number of para-hydroxylation sites is 2. The van der Waals surface area contributed by atoms with Crippen LogP contribution in [0.3, 0.4) is 0 Å². The van der Waals surface area contributed by atoms with E-state index in [0.29, 0.717) is 5.69 Å². The molecule has 0 fully saturated rings. The van der Waals surface area contributed by atoms with Gasteiger partial charge in [-0.05, 0) is 31.2 Å². The van der Waals surface area contributed by atoms with Crippen LogP contribution < -0.4 is 0 Å². The minimum atomic E-state index is -0.574. The van der Waals surface area contributed by atoms with E-state index in [1.807, 2.05) is 54.1 Å². The quantitative estimate of drug-likeness (QED) is 0.764. The molecular weight excluding hydrogens is 238 g/mol. The van der Waals surface area contributed by atoms with Gasteiger partial charge in [-0.3, -0.25) is 0 Å². The second kappa shape index (κ2) is 4.48. The summed E-state index contributed by atoms with van der Waals surface area (Å²) in [5, 5.41) is 9.61. The maximum Gasteiger partial charge on any atom is 0.159 e. The fraction of sp³-hybridized carbons (Fsp3) is 0.200. The van der Waals surface area contributed by atoms with Gasteiger partial charge in [0.05, 0.1) is 22.8 Å². The molecule has 4 nitrogen and oxygen atoms in total. The van der Waals surface area contributed by atoms with Crippen LogP contribution in [0.15, 0.2) is 42.5 Å². The van der Waals surface area contributed by atoms with Crippen LogP contribution in [0.2, 0.25) is 0 Å². The van der Waals surface area contributed by atoms with Crippen molar-refractivity contribution in [1.29, 1.82) is 0 Å². The van der Waals surface area contributed by atoms with Gasteiger partial charge in [-0.15, -0.1) is 0 Å². The first-order valence-electron chi connectivity index (χ1n) is 6.23. The molecule has 0 amide bonds. The molecule has 19 heavy (non-hydrogen) atoms. The Hall–Kier alpha value is -2.20. The van der Waals surface area contributed by atoms with Crippen molar-refractivity contribution in [3.63, 3.8) is 0 Å². The standard InChI is InChI=1S/C15H15N3O/c1-10(19)11-7-5-8-13(16-11)15-17-12-6-3-4-9-14(12)18(15)2/h3-10,19H,1-2H3/t10-/m0/s1. The van der Waals surface area contributed by atoms with E-state index in [4.69, 9.17) is 0 Å². The van der Waals surface area contributed by atoms with Crippen LogP contribution in [0.4, 0.5) is 0 Å². The molecule has 4 heteroatoms. The molecular formula is C15H15N3O. The third kappa shape index (κ3) is 2.00. The van der Waals surface area contributed by atoms with Crippen LogP contribution >= 0.6 is 0 Å². The second-order valence-corrected chi connectivity index (χ2v) is 4.61. The van der Waals surface area contributed by atoms with Crippen molar-refractivity contribution in [2.24, 2.45) is 7.05 Å². The van der Waals surface area contributed by atoms with Gasteiger partial charge in [0.2, 0.25) is 0 Å². The molecule has 0 unspecified atom stereocenters. The van der Waals surface area contributed by atoms with Gasteiger partial charge in [0, 0.05) is 7.05 Å². The van der Waals surface area contributed by atoms with E-state index in [1.54, 1.807) is 6.92 Å². The van der Waals surface area contributed by atoms with Crippen molar-refractivity contribution < 1.29 is 5.11 Å². The lowest BCUT2D eigenvalue weighted by Crippen LogP contribution is -1.99. The van der Waals surface area contributed by atoms with Crippen LogP contribution in [0.25, 0.3) is 22.6 Å². The third-order valence-electron chi connectivity index (χ3n) is 3.21. The predicted octanol–water partition coefficient (Wildman–Crippen LogP) is 2.69. The number of hydrogen-bond acceptors (Lipinski definition) is 3. The van der Waals surface area contributed by atoms with Crippen LogP contribution in [0.1, 0.15) is 18.7 Å². The van der Waals surface area contributed by atoms with Gasteiger partial charge in [-0.2, -0.15) is 0 Å². The van der Waals surface area contributed by atoms with Crippen molar-refractivity contribution in [3.05, 3.63) is 48.2 Å². The Bertz CT molecular complexity index is 731. The molecule has 0 aliphatic rings. The predicted molar refractivity (Wildman–Crippen MR) is 74.6 cm³/mol. The van der Waals surface area contributed by atoms with Gasteiger partial charge >= 0.3 is 0 Å². The first kappa shape index (κ1) is 11.9. The highest BCUT2D eigenvalue weighted by Crippen LogP contribution is 2.23. The number of rotatable bonds is 2. The maximum absolute atomic E-state index is 9.61. The molecule has 0 spiro atoms. The van der Waals surface area contributed by atoms with Crippen molar-refractivity contribution in [2.75, 3.05) is 0 Å². The summed E-state index contributed by atoms with van der Waals surface area (Å²) in [6.07, 6.45) is -0.574. The molecule has 0 aliphatic carbocycles. The second-order valence-electron chi connectivity index (χ2n) is 4.61. The Morgan fingerprint density at radius 1 is 1.05 bits per heavy atom. The number of fused-ring (bicyclic) bond motifs is 1. The smallest absolute Gasteiger partial charge is 0.159 e. The minimum Gasteiger partial charge on any atom is -0.387 e. The summed E-state index contributed by atoms with van der Waals surface area (Å²) >= 11 is 0. The van der Waals surface area contributed by atoms with Gasteiger partial charge < -0.3 is 9.67 Å². The Kier molecular flexibility index (Phi) is 2.80. The highest BCUT2D eigenvalue weighted by atomic mass is 16.3. The summed E-state index contributed by atoms with van der Waals surface area (Å²) in [4.78, 5) is 9.07. The van der Waals surface area contributed by atoms with Crippen molar-refractivity contribution in [2.45, 2.75) is 13.0 Å². The summed E-state index contributed by atoms with van der Waals surface area (Å²) in [7, 11) is 1.97. The average Bonchev–Trinajstić information content (AvgIpc) is 2.77. The lowest BCUT2D eigenvalue weighted by atomic mass is 10.2. The molecule has 96 valence electrons. The Labute approximate surface area is 111 Å². The minimum absolute atomic E-state index is 0.574. The van der Waals surface area contributed by atoms with Crippen LogP contribution in [-0.4, -0.2) is 19.6 Å². The fourth-order valence-electron chi connectivity index (χ4n) is 2.18. The monoisotopic (exact) mass is 253 g/mol. The summed E-state index contributed by atoms with van der Waals surface area (Å²) < 4.78 is 2.02. The molecule has 0 saturated heterocycles. The molecule has 3 rings (SSSR count). The number of aromatic nitrogens is 3. The molecule has 0 bridgehead atoms. The van der Waals surface area contributed by atoms with Crippen LogP contribution in [0.5, 0.6) is 0 Å². The molecule has 0 radical (unpaired) electrons. The van der Waals surface area contributed by atoms with Crippen LogP contribution in [0, 0.1) is 0 Å². The van der Waals surface area contributed by atoms with Crippen molar-refractivity contribution in [1.82, 2.24) is 14.5 Å². The molecule has 2 heterocycles. The summed E-state index contributed by atoms with van der Waals surface area (Å²) in [5.41, 5.74) is 3.45. The topological polar surface area (TPSA) is 50.9 Å². The molecule has 1 atom stereocenters. The lowest BCUT2D eigenvalue weighted by molar-refractivity contribution is 0.194. The highest BCUT2D eigenvalue weighted by molar-refractivity contribution is 5.79. The number of nitrogens with zero attached hydrogens (tertiary/aromatic N) is 3. The van der Waals surface area contributed by atoms with Gasteiger partial charge in [-0.1, -0.05) is 18.2 Å². The van der Waals surface area contributed by atoms with Crippen molar-refractivity contribution in [3.8, 4) is 11.5 Å². The van der Waals surface area contributed by atoms with E-state index in [-0.39, 0.29) is 0 Å². The molecule has 0 saturated carbocycles. The normalized spacial score (nSPS) is 12.8. The summed E-state index contributed by atoms with van der Waals surface area (Å²) in [6, 6.07) is 13.6. The molecule has 0 aliphatic heterocycles. The number of pyridine rings is 1. The number of imidazole rings is 1. The number of benzene rings is 1. The zero-order valence-electron chi connectivity index (χ0n) is 10.9. The highest BCUT2D eigenvalue weighted by Gasteiger charge is 2.12. The molecule has 3 aromatic rings. The Morgan fingerprint density at radius 2 is 1.84 bits per heavy atom. The van der Waals surface area contributed by atoms with Gasteiger partial charge in [0.1, 0.15) is 5.69 Å². The largest absolute Gasteiger partial charge is 0.387 e. The van der Waals surface area contributed by atoms with E-state index >= 15 is 0 Å². The van der Waals surface area contributed by atoms with E-state index in [2.05, 4.69) is 9.97 Å². The molecule has 2 aromatic heterocycles. The maximum atomic E-state index is 9.61. The van der Waals surface area contributed by atoms with E-state index in [1.165, 1.54) is 0 Å². The van der Waals surface area contributed by atoms with E-state index < -0.39 is 6.10 Å². The zero-order valence-corrected chi connectivity index (χ0v) is 10.9. The molecule has 1 N–H and O–H groups in total. The Balaban J connectivity index is 2.19. The SMILES string of the molecule is C[C@H](O)c1cccc(-c2nc3ccccc3n2C)n1. The fourth-order valence-corrected chi connectivity index (χ4v) is 2.18.